The van der Waals surface area contributed by atoms with Crippen LogP contribution in [0, 0.1) is 0 Å². The van der Waals surface area contributed by atoms with Gasteiger partial charge in [-0.05, 0) is 31.4 Å². The predicted molar refractivity (Wildman–Crippen MR) is 70.3 cm³/mol. The zero-order valence-corrected chi connectivity index (χ0v) is 10.7. The molecule has 0 N–H and O–H groups in total. The molecule has 0 saturated carbocycles. The molecule has 90 valence electrons. The summed E-state index contributed by atoms with van der Waals surface area (Å²) in [5, 5.41) is 0.319. The molecular formula is C14H21ClO. The first kappa shape index (κ1) is 13.4. The van der Waals surface area contributed by atoms with Crippen molar-refractivity contribution in [3.63, 3.8) is 0 Å². The molecule has 0 aliphatic heterocycles. The normalized spacial score (nSPS) is 12.4. The van der Waals surface area contributed by atoms with Gasteiger partial charge in [0.15, 0.2) is 0 Å². The molecule has 2 heteroatoms. The molecule has 16 heavy (non-hydrogen) atoms. The second-order valence-corrected chi connectivity index (χ2v) is 4.66. The molecule has 1 aromatic rings. The first-order valence-electron chi connectivity index (χ1n) is 6.15. The lowest BCUT2D eigenvalue weighted by Gasteiger charge is -2.09. The molecule has 0 heterocycles. The van der Waals surface area contributed by atoms with Gasteiger partial charge in [0, 0.05) is 5.38 Å². The van der Waals surface area contributed by atoms with E-state index in [4.69, 9.17) is 16.3 Å². The molecule has 1 aromatic carbocycles. The summed E-state index contributed by atoms with van der Waals surface area (Å²) in [5.74, 6) is 0.946. The van der Waals surface area contributed by atoms with Gasteiger partial charge in [-0.15, -0.1) is 11.6 Å². The Morgan fingerprint density at radius 3 is 2.50 bits per heavy atom. The molecule has 0 amide bonds. The first-order valence-corrected chi connectivity index (χ1v) is 6.58. The van der Waals surface area contributed by atoms with E-state index < -0.39 is 0 Å². The summed E-state index contributed by atoms with van der Waals surface area (Å²) in [6.45, 7) is 2.96. The van der Waals surface area contributed by atoms with Crippen LogP contribution in [0.15, 0.2) is 30.3 Å². The van der Waals surface area contributed by atoms with Crippen LogP contribution in [0.4, 0.5) is 0 Å². The van der Waals surface area contributed by atoms with Gasteiger partial charge in [-0.2, -0.15) is 0 Å². The van der Waals surface area contributed by atoms with E-state index in [1.54, 1.807) is 0 Å². The van der Waals surface area contributed by atoms with Crippen LogP contribution in [0.1, 0.15) is 39.0 Å². The molecule has 0 radical (unpaired) electrons. The Morgan fingerprint density at radius 1 is 1.12 bits per heavy atom. The highest BCUT2D eigenvalue weighted by atomic mass is 35.5. The number of rotatable bonds is 8. The fourth-order valence-electron chi connectivity index (χ4n) is 1.58. The number of ether oxygens (including phenoxy) is 1. The van der Waals surface area contributed by atoms with E-state index >= 15 is 0 Å². The number of benzene rings is 1. The van der Waals surface area contributed by atoms with Crippen molar-refractivity contribution < 1.29 is 4.74 Å². The highest BCUT2D eigenvalue weighted by Crippen LogP contribution is 2.14. The van der Waals surface area contributed by atoms with Crippen LogP contribution < -0.4 is 4.74 Å². The molecule has 0 aliphatic rings. The third-order valence-corrected chi connectivity index (χ3v) is 2.98. The van der Waals surface area contributed by atoms with E-state index in [1.165, 1.54) is 12.8 Å². The predicted octanol–water partition coefficient (Wildman–Crippen LogP) is 4.64. The Balaban J connectivity index is 2.03. The minimum absolute atomic E-state index is 0.319. The van der Waals surface area contributed by atoms with Crippen molar-refractivity contribution in [3.8, 4) is 5.75 Å². The third kappa shape index (κ3) is 6.02. The standard InChI is InChI=1S/C14H21ClO/c1-2-3-8-13(15)9-7-12-16-14-10-5-4-6-11-14/h4-6,10-11,13H,2-3,7-9,12H2,1H3. The maximum Gasteiger partial charge on any atom is 0.119 e. The van der Waals surface area contributed by atoms with E-state index in [2.05, 4.69) is 6.92 Å². The molecule has 0 aliphatic carbocycles. The topological polar surface area (TPSA) is 9.23 Å². The summed E-state index contributed by atoms with van der Waals surface area (Å²) in [5.41, 5.74) is 0. The Kier molecular flexibility index (Phi) is 7.07. The highest BCUT2D eigenvalue weighted by Gasteiger charge is 2.03. The van der Waals surface area contributed by atoms with Crippen LogP contribution in [0.3, 0.4) is 0 Å². The van der Waals surface area contributed by atoms with Gasteiger partial charge in [-0.25, -0.2) is 0 Å². The average molecular weight is 241 g/mol. The minimum atomic E-state index is 0.319. The fraction of sp³-hybridized carbons (Fsp3) is 0.571. The minimum Gasteiger partial charge on any atom is -0.494 e. The zero-order chi connectivity index (χ0) is 11.6. The average Bonchev–Trinajstić information content (AvgIpc) is 2.33. The number of para-hydroxylation sites is 1. The Bertz CT molecular complexity index is 261. The van der Waals surface area contributed by atoms with Crippen LogP contribution >= 0.6 is 11.6 Å². The number of unbranched alkanes of at least 4 members (excludes halogenated alkanes) is 1. The van der Waals surface area contributed by atoms with Crippen LogP contribution in [0.5, 0.6) is 5.75 Å². The monoisotopic (exact) mass is 240 g/mol. The van der Waals surface area contributed by atoms with Crippen molar-refractivity contribution >= 4 is 11.6 Å². The molecule has 1 nitrogen and oxygen atoms in total. The van der Waals surface area contributed by atoms with E-state index in [-0.39, 0.29) is 0 Å². The lowest BCUT2D eigenvalue weighted by molar-refractivity contribution is 0.305. The second kappa shape index (κ2) is 8.46. The van der Waals surface area contributed by atoms with Crippen LogP contribution in [0.25, 0.3) is 0 Å². The van der Waals surface area contributed by atoms with Gasteiger partial charge in [0.2, 0.25) is 0 Å². The Morgan fingerprint density at radius 2 is 1.81 bits per heavy atom. The largest absolute Gasteiger partial charge is 0.494 e. The number of hydrogen-bond donors (Lipinski definition) is 0. The Labute approximate surface area is 104 Å². The lowest BCUT2D eigenvalue weighted by atomic mass is 10.1. The number of alkyl halides is 1. The molecule has 1 atom stereocenters. The van der Waals surface area contributed by atoms with Crippen molar-refractivity contribution in [3.05, 3.63) is 30.3 Å². The van der Waals surface area contributed by atoms with Gasteiger partial charge < -0.3 is 4.74 Å². The summed E-state index contributed by atoms with van der Waals surface area (Å²) < 4.78 is 5.60. The van der Waals surface area contributed by atoms with Gasteiger partial charge in [-0.1, -0.05) is 38.0 Å². The van der Waals surface area contributed by atoms with Gasteiger partial charge in [0.05, 0.1) is 6.61 Å². The van der Waals surface area contributed by atoms with E-state index in [9.17, 15) is 0 Å². The summed E-state index contributed by atoms with van der Waals surface area (Å²) >= 11 is 6.19. The second-order valence-electron chi connectivity index (χ2n) is 4.04. The number of halogens is 1. The quantitative estimate of drug-likeness (QED) is 0.475. The van der Waals surface area contributed by atoms with Gasteiger partial charge >= 0.3 is 0 Å². The molecule has 0 spiro atoms. The molecule has 0 fully saturated rings. The van der Waals surface area contributed by atoms with Crippen LogP contribution in [-0.4, -0.2) is 12.0 Å². The lowest BCUT2D eigenvalue weighted by Crippen LogP contribution is -2.03. The van der Waals surface area contributed by atoms with E-state index in [0.717, 1.165) is 31.6 Å². The van der Waals surface area contributed by atoms with Gasteiger partial charge in [0.25, 0.3) is 0 Å². The van der Waals surface area contributed by atoms with Crippen molar-refractivity contribution in [2.24, 2.45) is 0 Å². The molecule has 1 rings (SSSR count). The van der Waals surface area contributed by atoms with Crippen molar-refractivity contribution in [2.45, 2.75) is 44.4 Å². The zero-order valence-electron chi connectivity index (χ0n) is 9.99. The summed E-state index contributed by atoms with van der Waals surface area (Å²) in [6, 6.07) is 9.93. The van der Waals surface area contributed by atoms with Gasteiger partial charge in [0.1, 0.15) is 5.75 Å². The third-order valence-electron chi connectivity index (χ3n) is 2.54. The fourth-order valence-corrected chi connectivity index (χ4v) is 1.89. The van der Waals surface area contributed by atoms with E-state index in [0.29, 0.717) is 5.38 Å². The van der Waals surface area contributed by atoms with Gasteiger partial charge in [-0.3, -0.25) is 0 Å². The molecular weight excluding hydrogens is 220 g/mol. The number of hydrogen-bond acceptors (Lipinski definition) is 1. The summed E-state index contributed by atoms with van der Waals surface area (Å²) in [6.07, 6.45) is 5.67. The summed E-state index contributed by atoms with van der Waals surface area (Å²) in [7, 11) is 0. The van der Waals surface area contributed by atoms with Crippen LogP contribution in [-0.2, 0) is 0 Å². The molecule has 0 bridgehead atoms. The molecule has 0 aromatic heterocycles. The smallest absolute Gasteiger partial charge is 0.119 e. The van der Waals surface area contributed by atoms with E-state index in [1.807, 2.05) is 30.3 Å². The van der Waals surface area contributed by atoms with Crippen molar-refractivity contribution in [1.29, 1.82) is 0 Å². The van der Waals surface area contributed by atoms with Crippen molar-refractivity contribution in [1.82, 2.24) is 0 Å². The SMILES string of the molecule is CCCCC(Cl)CCCOc1ccccc1. The first-order chi connectivity index (χ1) is 7.83. The van der Waals surface area contributed by atoms with Crippen molar-refractivity contribution in [2.75, 3.05) is 6.61 Å². The molecule has 0 saturated heterocycles. The van der Waals surface area contributed by atoms with Crippen LogP contribution in [0.2, 0.25) is 0 Å². The molecule has 1 unspecified atom stereocenters. The maximum atomic E-state index is 6.19. The highest BCUT2D eigenvalue weighted by molar-refractivity contribution is 6.20. The summed E-state index contributed by atoms with van der Waals surface area (Å²) in [4.78, 5) is 0. The Hall–Kier alpha value is -0.690. The maximum absolute atomic E-state index is 6.19.